The molecule has 1 atom stereocenters. The standard InChI is InChI=1S/C23H21ClF5N3O3/c1-11(23(27,28)29)35-18-9-12(17-10-32(4)21(30-17)22(2,3)34)16(26)8-13(18)20(33)31-19-14(24)6-5-7-15(19)25/h5-11,34H,1-4H3,(H,31,33). The first kappa shape index (κ1) is 26.4. The van der Waals surface area contributed by atoms with E-state index < -0.39 is 52.4 Å². The average molecular weight is 518 g/mol. The van der Waals surface area contributed by atoms with E-state index in [0.717, 1.165) is 12.1 Å². The lowest BCUT2D eigenvalue weighted by atomic mass is 10.1. The number of aromatic nitrogens is 2. The lowest BCUT2D eigenvalue weighted by molar-refractivity contribution is -0.189. The second-order valence-corrected chi connectivity index (χ2v) is 8.71. The molecule has 1 aromatic heterocycles. The number of para-hydroxylation sites is 1. The number of benzene rings is 2. The molecule has 2 N–H and O–H groups in total. The number of hydrogen-bond acceptors (Lipinski definition) is 4. The van der Waals surface area contributed by atoms with E-state index in [4.69, 9.17) is 16.3 Å². The normalized spacial score (nSPS) is 13.0. The van der Waals surface area contributed by atoms with Gasteiger partial charge in [-0.3, -0.25) is 4.79 Å². The van der Waals surface area contributed by atoms with Crippen LogP contribution < -0.4 is 10.1 Å². The molecule has 0 saturated heterocycles. The maximum absolute atomic E-state index is 15.1. The summed E-state index contributed by atoms with van der Waals surface area (Å²) in [6.07, 6.45) is -5.79. The van der Waals surface area contributed by atoms with Gasteiger partial charge >= 0.3 is 6.18 Å². The number of amides is 1. The van der Waals surface area contributed by atoms with Crippen LogP contribution in [0.5, 0.6) is 5.75 Å². The Hall–Kier alpha value is -3.18. The molecule has 1 amide bonds. The van der Waals surface area contributed by atoms with E-state index >= 15 is 4.39 Å². The van der Waals surface area contributed by atoms with Gasteiger partial charge in [-0.05, 0) is 45.0 Å². The number of carbonyl (C=O) groups is 1. The van der Waals surface area contributed by atoms with E-state index in [0.29, 0.717) is 13.0 Å². The van der Waals surface area contributed by atoms with Crippen molar-refractivity contribution < 1.29 is 36.6 Å². The summed E-state index contributed by atoms with van der Waals surface area (Å²) in [4.78, 5) is 17.0. The minimum Gasteiger partial charge on any atom is -0.480 e. The molecule has 3 rings (SSSR count). The van der Waals surface area contributed by atoms with Crippen molar-refractivity contribution in [2.45, 2.75) is 38.7 Å². The summed E-state index contributed by atoms with van der Waals surface area (Å²) < 4.78 is 75.2. The maximum Gasteiger partial charge on any atom is 0.425 e. The number of aryl methyl sites for hydroxylation is 1. The lowest BCUT2D eigenvalue weighted by Gasteiger charge is -2.20. The number of nitrogens with zero attached hydrogens (tertiary/aromatic N) is 2. The molecule has 0 aliphatic rings. The molecule has 0 saturated carbocycles. The molecule has 12 heteroatoms. The van der Waals surface area contributed by atoms with E-state index in [1.807, 2.05) is 0 Å². The molecule has 0 radical (unpaired) electrons. The fourth-order valence-electron chi connectivity index (χ4n) is 3.24. The first-order valence-electron chi connectivity index (χ1n) is 10.2. The van der Waals surface area contributed by atoms with Gasteiger partial charge in [0.15, 0.2) is 6.10 Å². The van der Waals surface area contributed by atoms with Crippen molar-refractivity contribution in [3.63, 3.8) is 0 Å². The largest absolute Gasteiger partial charge is 0.480 e. The van der Waals surface area contributed by atoms with Crippen molar-refractivity contribution in [2.75, 3.05) is 5.32 Å². The van der Waals surface area contributed by atoms with Crippen LogP contribution >= 0.6 is 11.6 Å². The number of nitrogens with one attached hydrogen (secondary N) is 1. The van der Waals surface area contributed by atoms with Gasteiger partial charge in [0, 0.05) is 18.8 Å². The summed E-state index contributed by atoms with van der Waals surface area (Å²) in [5, 5.41) is 12.2. The Morgan fingerprint density at radius 2 is 1.86 bits per heavy atom. The summed E-state index contributed by atoms with van der Waals surface area (Å²) in [5.74, 6) is -3.52. The third-order valence-corrected chi connectivity index (χ3v) is 5.29. The SMILES string of the molecule is CC(Oc1cc(-c2cn(C)c(C(C)(C)O)n2)c(F)cc1C(=O)Nc1c(F)cccc1Cl)C(F)(F)F. The topological polar surface area (TPSA) is 76.4 Å². The van der Waals surface area contributed by atoms with Crippen molar-refractivity contribution in [1.82, 2.24) is 9.55 Å². The smallest absolute Gasteiger partial charge is 0.425 e. The van der Waals surface area contributed by atoms with Crippen LogP contribution in [0.2, 0.25) is 5.02 Å². The molecule has 1 heterocycles. The lowest BCUT2D eigenvalue weighted by Crippen LogP contribution is -2.32. The molecule has 0 aliphatic heterocycles. The Balaban J connectivity index is 2.12. The first-order valence-corrected chi connectivity index (χ1v) is 10.6. The van der Waals surface area contributed by atoms with Gasteiger partial charge in [-0.2, -0.15) is 13.2 Å². The molecule has 3 aromatic rings. The van der Waals surface area contributed by atoms with Crippen LogP contribution in [0.1, 0.15) is 37.0 Å². The van der Waals surface area contributed by atoms with E-state index in [-0.39, 0.29) is 22.1 Å². The van der Waals surface area contributed by atoms with Gasteiger partial charge in [-0.25, -0.2) is 13.8 Å². The highest BCUT2D eigenvalue weighted by Gasteiger charge is 2.39. The minimum absolute atomic E-state index is 0.0178. The van der Waals surface area contributed by atoms with Crippen LogP contribution in [0, 0.1) is 11.6 Å². The van der Waals surface area contributed by atoms with E-state index in [9.17, 15) is 27.5 Å². The van der Waals surface area contributed by atoms with Crippen molar-refractivity contribution in [2.24, 2.45) is 7.05 Å². The van der Waals surface area contributed by atoms with E-state index in [1.165, 1.54) is 36.7 Å². The monoisotopic (exact) mass is 517 g/mol. The number of alkyl halides is 3. The Labute approximate surface area is 202 Å². The predicted octanol–water partition coefficient (Wildman–Crippen LogP) is 5.83. The molecular formula is C23H21ClF5N3O3. The van der Waals surface area contributed by atoms with Gasteiger partial charge in [0.05, 0.1) is 22.0 Å². The Morgan fingerprint density at radius 1 is 1.20 bits per heavy atom. The molecule has 1 unspecified atom stereocenters. The number of imidazole rings is 1. The van der Waals surface area contributed by atoms with E-state index in [2.05, 4.69) is 10.3 Å². The molecule has 0 fully saturated rings. The quantitative estimate of drug-likeness (QED) is 0.404. The number of hydrogen-bond donors (Lipinski definition) is 2. The van der Waals surface area contributed by atoms with E-state index in [1.54, 1.807) is 7.05 Å². The van der Waals surface area contributed by atoms with Crippen molar-refractivity contribution in [1.29, 1.82) is 0 Å². The molecule has 2 aromatic carbocycles. The maximum atomic E-state index is 15.1. The van der Waals surface area contributed by atoms with Crippen LogP contribution in [0.4, 0.5) is 27.6 Å². The number of halogens is 6. The molecule has 0 aliphatic carbocycles. The fourth-order valence-corrected chi connectivity index (χ4v) is 3.45. The third-order valence-electron chi connectivity index (χ3n) is 4.98. The summed E-state index contributed by atoms with van der Waals surface area (Å²) >= 11 is 5.90. The Bertz CT molecular complexity index is 1250. The Morgan fingerprint density at radius 3 is 2.40 bits per heavy atom. The van der Waals surface area contributed by atoms with Gasteiger partial charge in [-0.1, -0.05) is 17.7 Å². The van der Waals surface area contributed by atoms with Crippen LogP contribution in [-0.2, 0) is 12.6 Å². The van der Waals surface area contributed by atoms with Gasteiger partial charge < -0.3 is 19.7 Å². The highest BCUT2D eigenvalue weighted by Crippen LogP contribution is 2.35. The van der Waals surface area contributed by atoms with Crippen LogP contribution in [0.15, 0.2) is 36.5 Å². The molecule has 188 valence electrons. The van der Waals surface area contributed by atoms with Crippen LogP contribution in [0.25, 0.3) is 11.3 Å². The second-order valence-electron chi connectivity index (χ2n) is 8.30. The molecule has 0 bridgehead atoms. The Kier molecular flexibility index (Phi) is 7.14. The summed E-state index contributed by atoms with van der Waals surface area (Å²) in [6, 6.07) is 5.14. The van der Waals surface area contributed by atoms with Gasteiger partial charge in [-0.15, -0.1) is 0 Å². The zero-order chi connectivity index (χ0) is 26.3. The fraction of sp³-hybridized carbons (Fsp3) is 0.304. The number of rotatable bonds is 6. The van der Waals surface area contributed by atoms with Gasteiger partial charge in [0.2, 0.25) is 0 Å². The van der Waals surface area contributed by atoms with Crippen LogP contribution in [-0.4, -0.2) is 32.8 Å². The number of carbonyl (C=O) groups excluding carboxylic acids is 1. The highest BCUT2D eigenvalue weighted by atomic mass is 35.5. The number of ether oxygens (including phenoxy) is 1. The predicted molar refractivity (Wildman–Crippen MR) is 119 cm³/mol. The summed E-state index contributed by atoms with van der Waals surface area (Å²) in [5.41, 5.74) is -2.75. The summed E-state index contributed by atoms with van der Waals surface area (Å²) in [7, 11) is 1.55. The number of aliphatic hydroxyl groups is 1. The van der Waals surface area contributed by atoms with Crippen molar-refractivity contribution >= 4 is 23.2 Å². The minimum atomic E-state index is -4.80. The second kappa shape index (κ2) is 9.46. The first-order chi connectivity index (χ1) is 16.1. The van der Waals surface area contributed by atoms with Crippen molar-refractivity contribution in [3.8, 4) is 17.0 Å². The molecule has 6 nitrogen and oxygen atoms in total. The molecular weight excluding hydrogens is 497 g/mol. The number of anilines is 1. The molecule has 0 spiro atoms. The summed E-state index contributed by atoms with van der Waals surface area (Å²) in [6.45, 7) is 3.62. The zero-order valence-electron chi connectivity index (χ0n) is 19.0. The van der Waals surface area contributed by atoms with Crippen molar-refractivity contribution in [3.05, 3.63) is 64.6 Å². The average Bonchev–Trinajstić information content (AvgIpc) is 3.12. The van der Waals surface area contributed by atoms with Crippen LogP contribution in [0.3, 0.4) is 0 Å². The zero-order valence-corrected chi connectivity index (χ0v) is 19.7. The highest BCUT2D eigenvalue weighted by molar-refractivity contribution is 6.34. The van der Waals surface area contributed by atoms with Gasteiger partial charge in [0.25, 0.3) is 5.91 Å². The third kappa shape index (κ3) is 5.73. The molecule has 35 heavy (non-hydrogen) atoms. The van der Waals surface area contributed by atoms with Gasteiger partial charge in [0.1, 0.15) is 28.8 Å².